The molecule has 0 aromatic heterocycles. The third kappa shape index (κ3) is 4.41. The summed E-state index contributed by atoms with van der Waals surface area (Å²) >= 11 is 11.7. The SMILES string of the molecule is CC(C)(C)C(=O)N/C=C/c1ccc(Cl)c(Cl)c1. The molecule has 1 aromatic rings. The summed E-state index contributed by atoms with van der Waals surface area (Å²) < 4.78 is 0. The summed E-state index contributed by atoms with van der Waals surface area (Å²) in [6.45, 7) is 5.57. The second-order valence-electron chi connectivity index (χ2n) is 4.73. The van der Waals surface area contributed by atoms with Crippen molar-refractivity contribution in [2.75, 3.05) is 0 Å². The van der Waals surface area contributed by atoms with E-state index in [4.69, 9.17) is 23.2 Å². The molecule has 0 saturated heterocycles. The van der Waals surface area contributed by atoms with E-state index in [9.17, 15) is 4.79 Å². The van der Waals surface area contributed by atoms with Crippen LogP contribution >= 0.6 is 23.2 Å². The Kier molecular flexibility index (Phi) is 4.61. The molecule has 0 aliphatic rings. The standard InChI is InChI=1S/C13H15Cl2NO/c1-13(2,3)12(17)16-7-6-9-4-5-10(14)11(15)8-9/h4-8H,1-3H3,(H,16,17)/b7-6+. The zero-order chi connectivity index (χ0) is 13.1. The topological polar surface area (TPSA) is 29.1 Å². The first-order valence-corrected chi connectivity index (χ1v) is 5.99. The molecule has 4 heteroatoms. The Morgan fingerprint density at radius 2 is 1.88 bits per heavy atom. The van der Waals surface area contributed by atoms with E-state index in [-0.39, 0.29) is 5.91 Å². The zero-order valence-electron chi connectivity index (χ0n) is 10.1. The van der Waals surface area contributed by atoms with Gasteiger partial charge in [-0.1, -0.05) is 50.0 Å². The fraction of sp³-hybridized carbons (Fsp3) is 0.308. The Morgan fingerprint density at radius 3 is 2.41 bits per heavy atom. The van der Waals surface area contributed by atoms with Gasteiger partial charge >= 0.3 is 0 Å². The predicted octanol–water partition coefficient (Wildman–Crippen LogP) is 4.13. The molecule has 1 rings (SSSR count). The van der Waals surface area contributed by atoms with Crippen molar-refractivity contribution in [2.24, 2.45) is 5.41 Å². The number of nitrogens with one attached hydrogen (secondary N) is 1. The Morgan fingerprint density at radius 1 is 1.24 bits per heavy atom. The van der Waals surface area contributed by atoms with Crippen LogP contribution in [0.25, 0.3) is 6.08 Å². The molecule has 0 bridgehead atoms. The quantitative estimate of drug-likeness (QED) is 0.861. The molecule has 0 heterocycles. The third-order valence-corrected chi connectivity index (χ3v) is 2.85. The van der Waals surface area contributed by atoms with Crippen molar-refractivity contribution in [3.8, 4) is 0 Å². The van der Waals surface area contributed by atoms with Gasteiger partial charge in [-0.3, -0.25) is 4.79 Å². The van der Waals surface area contributed by atoms with E-state index >= 15 is 0 Å². The maximum absolute atomic E-state index is 11.6. The Labute approximate surface area is 112 Å². The second kappa shape index (κ2) is 5.56. The second-order valence-corrected chi connectivity index (χ2v) is 5.54. The summed E-state index contributed by atoms with van der Waals surface area (Å²) in [6.07, 6.45) is 3.37. The minimum absolute atomic E-state index is 0.0335. The third-order valence-electron chi connectivity index (χ3n) is 2.12. The average Bonchev–Trinajstić information content (AvgIpc) is 2.22. The van der Waals surface area contributed by atoms with E-state index in [2.05, 4.69) is 5.32 Å². The van der Waals surface area contributed by atoms with E-state index in [1.54, 1.807) is 24.4 Å². The van der Waals surface area contributed by atoms with Crippen LogP contribution < -0.4 is 5.32 Å². The van der Waals surface area contributed by atoms with Crippen LogP contribution in [0.1, 0.15) is 26.3 Å². The molecule has 0 atom stereocenters. The molecule has 0 radical (unpaired) electrons. The molecule has 1 N–H and O–H groups in total. The largest absolute Gasteiger partial charge is 0.332 e. The van der Waals surface area contributed by atoms with Gasteiger partial charge in [-0.05, 0) is 23.8 Å². The smallest absolute Gasteiger partial charge is 0.229 e. The highest BCUT2D eigenvalue weighted by molar-refractivity contribution is 6.42. The van der Waals surface area contributed by atoms with Gasteiger partial charge in [0.05, 0.1) is 10.0 Å². The van der Waals surface area contributed by atoms with Gasteiger partial charge in [-0.15, -0.1) is 0 Å². The molecule has 0 aliphatic carbocycles. The molecular weight excluding hydrogens is 257 g/mol. The first-order chi connectivity index (χ1) is 7.80. The molecule has 0 fully saturated rings. The summed E-state index contributed by atoms with van der Waals surface area (Å²) in [5, 5.41) is 3.72. The van der Waals surface area contributed by atoms with E-state index in [1.165, 1.54) is 0 Å². The fourth-order valence-electron chi connectivity index (χ4n) is 1.05. The average molecular weight is 272 g/mol. The van der Waals surface area contributed by atoms with Crippen LogP contribution in [-0.2, 0) is 4.79 Å². The summed E-state index contributed by atoms with van der Waals surface area (Å²) in [7, 11) is 0. The van der Waals surface area contributed by atoms with E-state index in [0.29, 0.717) is 10.0 Å². The van der Waals surface area contributed by atoms with E-state index in [0.717, 1.165) is 5.56 Å². The minimum Gasteiger partial charge on any atom is -0.332 e. The van der Waals surface area contributed by atoms with Gasteiger partial charge in [0.15, 0.2) is 0 Å². The highest BCUT2D eigenvalue weighted by Crippen LogP contribution is 2.23. The monoisotopic (exact) mass is 271 g/mol. The molecule has 1 aromatic carbocycles. The van der Waals surface area contributed by atoms with Crippen molar-refractivity contribution in [1.29, 1.82) is 0 Å². The van der Waals surface area contributed by atoms with Crippen LogP contribution in [-0.4, -0.2) is 5.91 Å². The summed E-state index contributed by atoms with van der Waals surface area (Å²) in [6, 6.07) is 5.28. The van der Waals surface area contributed by atoms with Gasteiger partial charge in [0, 0.05) is 11.6 Å². The zero-order valence-corrected chi connectivity index (χ0v) is 11.6. The predicted molar refractivity (Wildman–Crippen MR) is 73.1 cm³/mol. The van der Waals surface area contributed by atoms with Crippen LogP contribution in [0.4, 0.5) is 0 Å². The summed E-state index contributed by atoms with van der Waals surface area (Å²) in [4.78, 5) is 11.6. The Hall–Kier alpha value is -0.990. The van der Waals surface area contributed by atoms with Crippen LogP contribution in [0, 0.1) is 5.41 Å². The lowest BCUT2D eigenvalue weighted by Gasteiger charge is -2.15. The first-order valence-electron chi connectivity index (χ1n) is 5.23. The highest BCUT2D eigenvalue weighted by atomic mass is 35.5. The Balaban J connectivity index is 2.66. The van der Waals surface area contributed by atoms with Crippen molar-refractivity contribution in [1.82, 2.24) is 5.32 Å². The van der Waals surface area contributed by atoms with Crippen molar-refractivity contribution in [3.05, 3.63) is 40.0 Å². The number of rotatable bonds is 2. The maximum Gasteiger partial charge on any atom is 0.229 e. The van der Waals surface area contributed by atoms with Gasteiger partial charge < -0.3 is 5.32 Å². The normalized spacial score (nSPS) is 11.8. The van der Waals surface area contributed by atoms with Crippen LogP contribution in [0.15, 0.2) is 24.4 Å². The number of carbonyl (C=O) groups excluding carboxylic acids is 1. The van der Waals surface area contributed by atoms with Crippen LogP contribution in [0.3, 0.4) is 0 Å². The lowest BCUT2D eigenvalue weighted by molar-refractivity contribution is -0.127. The number of halogens is 2. The van der Waals surface area contributed by atoms with E-state index < -0.39 is 5.41 Å². The first kappa shape index (κ1) is 14.1. The van der Waals surface area contributed by atoms with Gasteiger partial charge in [-0.25, -0.2) is 0 Å². The molecule has 0 unspecified atom stereocenters. The van der Waals surface area contributed by atoms with Gasteiger partial charge in [0.1, 0.15) is 0 Å². The highest BCUT2D eigenvalue weighted by Gasteiger charge is 2.19. The van der Waals surface area contributed by atoms with Crippen molar-refractivity contribution in [2.45, 2.75) is 20.8 Å². The number of hydrogen-bond acceptors (Lipinski definition) is 1. The molecule has 0 spiro atoms. The number of benzene rings is 1. The van der Waals surface area contributed by atoms with Crippen molar-refractivity contribution < 1.29 is 4.79 Å². The molecule has 2 nitrogen and oxygen atoms in total. The van der Waals surface area contributed by atoms with Crippen molar-refractivity contribution >= 4 is 35.2 Å². The lowest BCUT2D eigenvalue weighted by Crippen LogP contribution is -2.31. The van der Waals surface area contributed by atoms with Gasteiger partial charge in [0.25, 0.3) is 0 Å². The lowest BCUT2D eigenvalue weighted by atomic mass is 9.96. The number of hydrogen-bond donors (Lipinski definition) is 1. The molecule has 17 heavy (non-hydrogen) atoms. The Bertz CT molecular complexity index is 447. The molecular formula is C13H15Cl2NO. The van der Waals surface area contributed by atoms with Crippen LogP contribution in [0.2, 0.25) is 10.0 Å². The van der Waals surface area contributed by atoms with E-state index in [1.807, 2.05) is 26.8 Å². The van der Waals surface area contributed by atoms with Gasteiger partial charge in [-0.2, -0.15) is 0 Å². The number of amides is 1. The summed E-state index contributed by atoms with van der Waals surface area (Å²) in [5.41, 5.74) is 0.482. The number of carbonyl (C=O) groups is 1. The maximum atomic E-state index is 11.6. The summed E-state index contributed by atoms with van der Waals surface area (Å²) in [5.74, 6) is -0.0335. The van der Waals surface area contributed by atoms with Crippen molar-refractivity contribution in [3.63, 3.8) is 0 Å². The molecule has 0 aliphatic heterocycles. The minimum atomic E-state index is -0.401. The van der Waals surface area contributed by atoms with Gasteiger partial charge in [0.2, 0.25) is 5.91 Å². The molecule has 1 amide bonds. The van der Waals surface area contributed by atoms with Crippen LogP contribution in [0.5, 0.6) is 0 Å². The molecule has 0 saturated carbocycles. The molecule has 92 valence electrons. The fourth-order valence-corrected chi connectivity index (χ4v) is 1.35.